The number of halogens is 1. The number of ether oxygens (including phenoxy) is 1. The average molecular weight is 334 g/mol. The fourth-order valence-corrected chi connectivity index (χ4v) is 1.98. The van der Waals surface area contributed by atoms with Gasteiger partial charge in [-0.3, -0.25) is 20.2 Å². The van der Waals surface area contributed by atoms with Crippen molar-refractivity contribution < 1.29 is 24.1 Å². The number of benzene rings is 2. The molecule has 0 aliphatic heterocycles. The van der Waals surface area contributed by atoms with Gasteiger partial charge in [0.05, 0.1) is 17.0 Å². The molecule has 0 saturated heterocycles. The molecule has 0 radical (unpaired) electrons. The predicted molar refractivity (Wildman–Crippen MR) is 83.3 cm³/mol. The van der Waals surface area contributed by atoms with E-state index in [9.17, 15) is 29.7 Å². The normalized spacial score (nSPS) is 10.8. The van der Waals surface area contributed by atoms with Crippen molar-refractivity contribution in [3.8, 4) is 11.5 Å². The molecule has 0 aliphatic carbocycles. The zero-order valence-electron chi connectivity index (χ0n) is 12.3. The molecule has 2 rings (SSSR count). The quantitative estimate of drug-likeness (QED) is 0.508. The van der Waals surface area contributed by atoms with E-state index in [1.807, 2.05) is 0 Å². The number of phenolic OH excluding ortho intramolecular Hbond substituents is 1. The molecule has 0 saturated carbocycles. The lowest BCUT2D eigenvalue weighted by atomic mass is 10.1. The summed E-state index contributed by atoms with van der Waals surface area (Å²) in [5, 5.41) is 31.3. The molecule has 0 aromatic heterocycles. The number of phenols is 1. The summed E-state index contributed by atoms with van der Waals surface area (Å²) in [6.07, 6.45) is 2.79. The predicted octanol–water partition coefficient (Wildman–Crippen LogP) is 3.53. The van der Waals surface area contributed by atoms with Crippen LogP contribution in [0.25, 0.3) is 12.2 Å². The van der Waals surface area contributed by atoms with E-state index in [4.69, 9.17) is 4.74 Å². The van der Waals surface area contributed by atoms with Crippen molar-refractivity contribution in [2.24, 2.45) is 0 Å². The first-order valence-corrected chi connectivity index (χ1v) is 6.51. The Balaban J connectivity index is 2.43. The Bertz CT molecular complexity index is 815. The van der Waals surface area contributed by atoms with E-state index in [0.29, 0.717) is 5.56 Å². The molecule has 124 valence electrons. The second kappa shape index (κ2) is 6.73. The van der Waals surface area contributed by atoms with Crippen LogP contribution in [-0.2, 0) is 0 Å². The Morgan fingerprint density at radius 2 is 1.58 bits per heavy atom. The van der Waals surface area contributed by atoms with Crippen molar-refractivity contribution in [1.82, 2.24) is 0 Å². The van der Waals surface area contributed by atoms with Gasteiger partial charge in [-0.25, -0.2) is 0 Å². The Labute approximate surface area is 134 Å². The first-order chi connectivity index (χ1) is 11.3. The molecule has 0 amide bonds. The Morgan fingerprint density at radius 1 is 1.04 bits per heavy atom. The molecule has 2 aromatic carbocycles. The van der Waals surface area contributed by atoms with Crippen molar-refractivity contribution in [1.29, 1.82) is 0 Å². The van der Waals surface area contributed by atoms with Gasteiger partial charge in [-0.1, -0.05) is 18.2 Å². The Morgan fingerprint density at radius 3 is 2.04 bits per heavy atom. The highest BCUT2D eigenvalue weighted by Crippen LogP contribution is 2.30. The van der Waals surface area contributed by atoms with Gasteiger partial charge in [0.25, 0.3) is 5.82 Å². The Hall–Kier alpha value is -3.49. The van der Waals surface area contributed by atoms with Crippen LogP contribution in [0.15, 0.2) is 30.3 Å². The van der Waals surface area contributed by atoms with Gasteiger partial charge in [-0.2, -0.15) is 4.39 Å². The maximum absolute atomic E-state index is 13.7. The van der Waals surface area contributed by atoms with Gasteiger partial charge in [-0.15, -0.1) is 0 Å². The minimum absolute atomic E-state index is 0.0742. The van der Waals surface area contributed by atoms with Crippen molar-refractivity contribution in [2.45, 2.75) is 0 Å². The van der Waals surface area contributed by atoms with Gasteiger partial charge < -0.3 is 9.84 Å². The first kappa shape index (κ1) is 16.9. The minimum atomic E-state index is -1.50. The van der Waals surface area contributed by atoms with Gasteiger partial charge >= 0.3 is 11.4 Å². The summed E-state index contributed by atoms with van der Waals surface area (Å²) >= 11 is 0. The number of nitrogens with zero attached hydrogens (tertiary/aromatic N) is 2. The van der Waals surface area contributed by atoms with E-state index in [1.54, 1.807) is 6.07 Å². The number of nitro benzene ring substituents is 2. The third-order valence-electron chi connectivity index (χ3n) is 3.12. The van der Waals surface area contributed by atoms with Crippen LogP contribution in [-0.4, -0.2) is 22.1 Å². The van der Waals surface area contributed by atoms with Gasteiger partial charge in [0.15, 0.2) is 11.5 Å². The average Bonchev–Trinajstić information content (AvgIpc) is 2.53. The van der Waals surface area contributed by atoms with E-state index >= 15 is 0 Å². The highest BCUT2D eigenvalue weighted by Gasteiger charge is 2.26. The molecule has 0 unspecified atom stereocenters. The molecular weight excluding hydrogens is 323 g/mol. The van der Waals surface area contributed by atoms with Crippen molar-refractivity contribution in [2.75, 3.05) is 7.11 Å². The molecule has 0 heterocycles. The summed E-state index contributed by atoms with van der Waals surface area (Å²) in [5.41, 5.74) is -1.38. The molecule has 2 aromatic rings. The summed E-state index contributed by atoms with van der Waals surface area (Å²) in [6.45, 7) is 0. The second-order valence-electron chi connectivity index (χ2n) is 4.65. The summed E-state index contributed by atoms with van der Waals surface area (Å²) in [4.78, 5) is 19.6. The molecule has 0 bridgehead atoms. The molecule has 0 atom stereocenters. The van der Waals surface area contributed by atoms with Crippen LogP contribution in [0.2, 0.25) is 0 Å². The largest absolute Gasteiger partial charge is 0.504 e. The third kappa shape index (κ3) is 3.46. The van der Waals surface area contributed by atoms with E-state index in [2.05, 4.69) is 0 Å². The van der Waals surface area contributed by atoms with Crippen LogP contribution in [0.1, 0.15) is 11.1 Å². The number of hydrogen-bond acceptors (Lipinski definition) is 6. The highest BCUT2D eigenvalue weighted by atomic mass is 19.1. The smallest absolute Gasteiger partial charge is 0.312 e. The lowest BCUT2D eigenvalue weighted by Crippen LogP contribution is -1.99. The number of nitro groups is 2. The summed E-state index contributed by atoms with van der Waals surface area (Å²) in [6, 6.07) is 6.26. The molecule has 0 aliphatic rings. The fourth-order valence-electron chi connectivity index (χ4n) is 1.98. The van der Waals surface area contributed by atoms with Gasteiger partial charge in [-0.05, 0) is 23.3 Å². The molecular formula is C15H11FN2O6. The molecule has 8 nitrogen and oxygen atoms in total. The second-order valence-corrected chi connectivity index (χ2v) is 4.65. The highest BCUT2D eigenvalue weighted by molar-refractivity contribution is 5.73. The Kier molecular flexibility index (Phi) is 4.73. The molecule has 0 spiro atoms. The number of rotatable bonds is 5. The third-order valence-corrected chi connectivity index (χ3v) is 3.12. The summed E-state index contributed by atoms with van der Waals surface area (Å²) in [7, 11) is 1.39. The lowest BCUT2D eigenvalue weighted by molar-refractivity contribution is -0.399. The van der Waals surface area contributed by atoms with Gasteiger partial charge in [0.2, 0.25) is 0 Å². The van der Waals surface area contributed by atoms with Crippen LogP contribution in [0.5, 0.6) is 11.5 Å². The molecule has 24 heavy (non-hydrogen) atoms. The minimum Gasteiger partial charge on any atom is -0.504 e. The van der Waals surface area contributed by atoms with E-state index in [0.717, 1.165) is 12.1 Å². The van der Waals surface area contributed by atoms with E-state index < -0.39 is 27.0 Å². The van der Waals surface area contributed by atoms with Crippen molar-refractivity contribution in [3.05, 3.63) is 67.5 Å². The van der Waals surface area contributed by atoms with Gasteiger partial charge in [0, 0.05) is 12.1 Å². The fraction of sp³-hybridized carbons (Fsp3) is 0.0667. The lowest BCUT2D eigenvalue weighted by Gasteiger charge is -2.03. The first-order valence-electron chi connectivity index (χ1n) is 6.51. The van der Waals surface area contributed by atoms with E-state index in [1.165, 1.54) is 31.4 Å². The maximum Gasteiger partial charge on any atom is 0.312 e. The zero-order chi connectivity index (χ0) is 17.9. The summed E-state index contributed by atoms with van der Waals surface area (Å²) in [5.74, 6) is -1.35. The van der Waals surface area contributed by atoms with E-state index in [-0.39, 0.29) is 17.1 Å². The molecule has 1 N–H and O–H groups in total. The monoisotopic (exact) mass is 334 g/mol. The summed E-state index contributed by atoms with van der Waals surface area (Å²) < 4.78 is 18.6. The van der Waals surface area contributed by atoms with Crippen LogP contribution in [0.4, 0.5) is 15.8 Å². The van der Waals surface area contributed by atoms with Crippen LogP contribution in [0.3, 0.4) is 0 Å². The van der Waals surface area contributed by atoms with Gasteiger partial charge in [0.1, 0.15) is 0 Å². The van der Waals surface area contributed by atoms with Crippen molar-refractivity contribution in [3.63, 3.8) is 0 Å². The standard InChI is InChI=1S/C15H11FN2O6/c1-24-14-5-4-9(8-13(14)19)2-3-10-6-11(17(20)21)15(16)12(7-10)18(22)23/h2-8,19H,1H3/b3-2-. The van der Waals surface area contributed by atoms with Crippen LogP contribution >= 0.6 is 0 Å². The number of hydrogen-bond donors (Lipinski definition) is 1. The topological polar surface area (TPSA) is 116 Å². The maximum atomic E-state index is 13.7. The number of methoxy groups -OCH3 is 1. The van der Waals surface area contributed by atoms with Crippen LogP contribution in [0, 0.1) is 26.0 Å². The number of aromatic hydroxyl groups is 1. The van der Waals surface area contributed by atoms with Crippen LogP contribution < -0.4 is 4.74 Å². The zero-order valence-corrected chi connectivity index (χ0v) is 12.3. The molecule has 0 fully saturated rings. The molecule has 9 heteroatoms. The van der Waals surface area contributed by atoms with Crippen molar-refractivity contribution >= 4 is 23.5 Å². The SMILES string of the molecule is COc1ccc(/C=C\c2cc([N+](=O)[O-])c(F)c([N+](=O)[O-])c2)cc1O.